The molecule has 0 aromatic carbocycles. The molecule has 0 aliphatic carbocycles. The zero-order chi connectivity index (χ0) is 66.1. The topological polar surface area (TPSA) is 237 Å². The van der Waals surface area contributed by atoms with Crippen molar-refractivity contribution in [2.24, 2.45) is 23.7 Å². The monoisotopic (exact) mass is 1310 g/mol. The number of ether oxygens (including phenoxy) is 4. The van der Waals surface area contributed by atoms with Gasteiger partial charge in [-0.2, -0.15) is 0 Å². The quantitative estimate of drug-likeness (QED) is 0.0222. The first-order chi connectivity index (χ1) is 42.6. The Balaban J connectivity index is 5.26. The third-order valence-electron chi connectivity index (χ3n) is 16.1. The van der Waals surface area contributed by atoms with E-state index in [1.54, 1.807) is 0 Å². The number of hydrogen-bond donors (Lipinski definition) is 3. The number of phosphoric ester groups is 2. The van der Waals surface area contributed by atoms with Gasteiger partial charge in [0.1, 0.15) is 19.3 Å². The standard InChI is InChI=1S/C70H136O17P2/c1-60(2)46-38-30-22-15-9-12-18-26-34-42-50-67(72)80-56-65(86-69(74)52-44-36-27-19-13-10-16-23-31-39-47-61(3)4)58-84-88(76,77)82-54-64(71)55-83-89(78,79)85-59-66(57-81-68(73)51-43-35-29-21-25-33-41-49-63(7)8)87-70(75)53-45-37-28-20-14-11-17-24-32-40-48-62(5)6/h60-66,71H,9-59H2,1-8H3,(H,76,77)(H,78,79)/t64?,65-,66-/m1/s1. The summed E-state index contributed by atoms with van der Waals surface area (Å²) in [4.78, 5) is 72.5. The number of carbonyl (C=O) groups excluding carboxylic acids is 4. The van der Waals surface area contributed by atoms with Crippen LogP contribution in [0.5, 0.6) is 0 Å². The van der Waals surface area contributed by atoms with Crippen molar-refractivity contribution in [3.8, 4) is 0 Å². The molecule has 528 valence electrons. The maximum absolute atomic E-state index is 13.0. The van der Waals surface area contributed by atoms with E-state index in [1.165, 1.54) is 141 Å². The Kier molecular flexibility index (Phi) is 58.5. The molecule has 0 aliphatic heterocycles. The Morgan fingerprint density at radius 3 is 0.697 bits per heavy atom. The second kappa shape index (κ2) is 59.8. The Morgan fingerprint density at radius 1 is 0.281 bits per heavy atom. The van der Waals surface area contributed by atoms with Gasteiger partial charge in [0.25, 0.3) is 0 Å². The Hall–Kier alpha value is -1.94. The highest BCUT2D eigenvalue weighted by molar-refractivity contribution is 7.47. The van der Waals surface area contributed by atoms with Crippen molar-refractivity contribution in [3.63, 3.8) is 0 Å². The van der Waals surface area contributed by atoms with Crippen molar-refractivity contribution in [3.05, 3.63) is 0 Å². The number of aliphatic hydroxyl groups is 1. The lowest BCUT2D eigenvalue weighted by Gasteiger charge is -2.21. The molecule has 0 spiro atoms. The van der Waals surface area contributed by atoms with E-state index >= 15 is 0 Å². The molecule has 5 atom stereocenters. The van der Waals surface area contributed by atoms with Gasteiger partial charge in [0.2, 0.25) is 0 Å². The summed E-state index contributed by atoms with van der Waals surface area (Å²) < 4.78 is 68.3. The Morgan fingerprint density at radius 2 is 0.472 bits per heavy atom. The molecule has 0 aromatic rings. The molecule has 3 N–H and O–H groups in total. The van der Waals surface area contributed by atoms with Crippen LogP contribution in [0.4, 0.5) is 0 Å². The van der Waals surface area contributed by atoms with Crippen LogP contribution in [0.15, 0.2) is 0 Å². The van der Waals surface area contributed by atoms with Crippen LogP contribution >= 0.6 is 15.6 Å². The van der Waals surface area contributed by atoms with Crippen LogP contribution < -0.4 is 0 Å². The molecule has 0 rings (SSSR count). The van der Waals surface area contributed by atoms with Gasteiger partial charge in [-0.3, -0.25) is 37.3 Å². The van der Waals surface area contributed by atoms with E-state index in [9.17, 15) is 43.2 Å². The molecule has 0 fully saturated rings. The normalized spacial score (nSPS) is 14.3. The average Bonchev–Trinajstić information content (AvgIpc) is 3.47. The van der Waals surface area contributed by atoms with E-state index in [1.807, 2.05) is 0 Å². The van der Waals surface area contributed by atoms with Crippen LogP contribution in [0.2, 0.25) is 0 Å². The molecule has 3 unspecified atom stereocenters. The lowest BCUT2D eigenvalue weighted by Crippen LogP contribution is -2.30. The van der Waals surface area contributed by atoms with Crippen LogP contribution in [-0.2, 0) is 65.4 Å². The lowest BCUT2D eigenvalue weighted by atomic mass is 10.0. The third kappa shape index (κ3) is 64.6. The SMILES string of the molecule is CC(C)CCCCCCCCCCCCC(=O)OC[C@H](COP(=O)(O)OCC(O)COP(=O)(O)OC[C@@H](COC(=O)CCCCCCCCCC(C)C)OC(=O)CCCCCCCCCCCCC(C)C)OC(=O)CCCCCCCCCCCCC(C)C. The number of aliphatic hydroxyl groups excluding tert-OH is 1. The largest absolute Gasteiger partial charge is 0.472 e. The van der Waals surface area contributed by atoms with Gasteiger partial charge in [-0.15, -0.1) is 0 Å². The van der Waals surface area contributed by atoms with Crippen molar-refractivity contribution in [1.82, 2.24) is 0 Å². The molecule has 0 saturated heterocycles. The first kappa shape index (κ1) is 87.1. The minimum absolute atomic E-state index is 0.105. The zero-order valence-corrected chi connectivity index (χ0v) is 59.8. The van der Waals surface area contributed by atoms with Crippen molar-refractivity contribution in [1.29, 1.82) is 0 Å². The van der Waals surface area contributed by atoms with Crippen molar-refractivity contribution < 1.29 is 80.2 Å². The Labute approximate surface area is 543 Å². The molecule has 0 heterocycles. The van der Waals surface area contributed by atoms with Crippen molar-refractivity contribution in [2.75, 3.05) is 39.6 Å². The molecular formula is C70H136O17P2. The summed E-state index contributed by atoms with van der Waals surface area (Å²) in [6.45, 7) is 14.1. The van der Waals surface area contributed by atoms with Gasteiger partial charge in [0, 0.05) is 25.7 Å². The molecule has 0 aromatic heterocycles. The fourth-order valence-electron chi connectivity index (χ4n) is 10.5. The summed E-state index contributed by atoms with van der Waals surface area (Å²) in [6, 6.07) is 0. The van der Waals surface area contributed by atoms with Gasteiger partial charge in [0.15, 0.2) is 12.2 Å². The van der Waals surface area contributed by atoms with Gasteiger partial charge in [0.05, 0.1) is 26.4 Å². The fourth-order valence-corrected chi connectivity index (χ4v) is 12.1. The number of rotatable bonds is 67. The molecule has 0 saturated carbocycles. The predicted octanol–water partition coefficient (Wildman–Crippen LogP) is 19.7. The predicted molar refractivity (Wildman–Crippen MR) is 358 cm³/mol. The van der Waals surface area contributed by atoms with E-state index in [0.717, 1.165) is 114 Å². The van der Waals surface area contributed by atoms with E-state index in [4.69, 9.17) is 37.0 Å². The van der Waals surface area contributed by atoms with Crippen LogP contribution in [0, 0.1) is 23.7 Å². The number of hydrogen-bond acceptors (Lipinski definition) is 15. The number of esters is 4. The van der Waals surface area contributed by atoms with Gasteiger partial charge >= 0.3 is 39.5 Å². The minimum atomic E-state index is -4.95. The highest BCUT2D eigenvalue weighted by Gasteiger charge is 2.30. The molecule has 19 heteroatoms. The van der Waals surface area contributed by atoms with Crippen LogP contribution in [-0.4, -0.2) is 96.7 Å². The summed E-state index contributed by atoms with van der Waals surface area (Å²) in [5, 5.41) is 10.6. The average molecular weight is 1310 g/mol. The zero-order valence-electron chi connectivity index (χ0n) is 58.1. The van der Waals surface area contributed by atoms with E-state index < -0.39 is 97.5 Å². The third-order valence-corrected chi connectivity index (χ3v) is 18.0. The number of unbranched alkanes of at least 4 members (excludes halogenated alkanes) is 33. The molecule has 0 radical (unpaired) electrons. The summed E-state index contributed by atoms with van der Waals surface area (Å²) in [5.41, 5.74) is 0. The molecule has 0 bridgehead atoms. The fraction of sp³-hybridized carbons (Fsp3) is 0.943. The first-order valence-corrected chi connectivity index (χ1v) is 39.2. The van der Waals surface area contributed by atoms with E-state index in [-0.39, 0.29) is 25.7 Å². The maximum Gasteiger partial charge on any atom is 0.472 e. The van der Waals surface area contributed by atoms with E-state index in [0.29, 0.717) is 31.6 Å². The Bertz CT molecular complexity index is 1760. The van der Waals surface area contributed by atoms with Gasteiger partial charge in [-0.1, -0.05) is 293 Å². The maximum atomic E-state index is 13.0. The summed E-state index contributed by atoms with van der Waals surface area (Å²) in [7, 11) is -9.90. The lowest BCUT2D eigenvalue weighted by molar-refractivity contribution is -0.161. The smallest absolute Gasteiger partial charge is 0.462 e. The molecular weight excluding hydrogens is 1170 g/mol. The van der Waals surface area contributed by atoms with Crippen LogP contribution in [0.25, 0.3) is 0 Å². The molecule has 0 amide bonds. The summed E-state index contributed by atoms with van der Waals surface area (Å²) >= 11 is 0. The number of phosphoric acid groups is 2. The van der Waals surface area contributed by atoms with Gasteiger partial charge < -0.3 is 33.8 Å². The van der Waals surface area contributed by atoms with Gasteiger partial charge in [-0.25, -0.2) is 9.13 Å². The van der Waals surface area contributed by atoms with Gasteiger partial charge in [-0.05, 0) is 49.4 Å². The minimum Gasteiger partial charge on any atom is -0.462 e. The molecule has 89 heavy (non-hydrogen) atoms. The number of carbonyl (C=O) groups is 4. The first-order valence-electron chi connectivity index (χ1n) is 36.2. The van der Waals surface area contributed by atoms with Crippen molar-refractivity contribution >= 4 is 39.5 Å². The highest BCUT2D eigenvalue weighted by Crippen LogP contribution is 2.45. The second-order valence-corrected chi connectivity index (χ2v) is 30.1. The van der Waals surface area contributed by atoms with Crippen molar-refractivity contribution in [2.45, 2.75) is 363 Å². The van der Waals surface area contributed by atoms with Crippen LogP contribution in [0.3, 0.4) is 0 Å². The molecule has 0 aliphatic rings. The van der Waals surface area contributed by atoms with Crippen LogP contribution in [0.1, 0.15) is 344 Å². The molecule has 17 nitrogen and oxygen atoms in total. The van der Waals surface area contributed by atoms with E-state index in [2.05, 4.69) is 55.4 Å². The highest BCUT2D eigenvalue weighted by atomic mass is 31.2. The summed E-state index contributed by atoms with van der Waals surface area (Å²) in [5.74, 6) is 0.838. The second-order valence-electron chi connectivity index (χ2n) is 27.2. The summed E-state index contributed by atoms with van der Waals surface area (Å²) in [6.07, 6.45) is 41.7.